The van der Waals surface area contributed by atoms with Crippen LogP contribution < -0.4 is 16.2 Å². The molecule has 1 rings (SSSR count). The van der Waals surface area contributed by atoms with Crippen molar-refractivity contribution >= 4 is 29.3 Å². The number of hydrogen-bond acceptors (Lipinski definition) is 4. The second-order valence-corrected chi connectivity index (χ2v) is 6.73. The first-order valence-corrected chi connectivity index (χ1v) is 9.00. The standard InChI is InChI=1S/C16H25N3O3S/c1-11(2)15(18-13(20)6-5-9-23-4)16(22)17-12-7-8-14(21)19(3)10-12/h7-8,10-11,15H,5-6,9H2,1-4H3,(H,17,22)(H,18,20)/t15-/m0/s1. The predicted octanol–water partition coefficient (Wildman–Crippen LogP) is 1.61. The Bertz CT molecular complexity index is 598. The zero-order valence-corrected chi connectivity index (χ0v) is 14.9. The normalized spacial score (nSPS) is 12.0. The largest absolute Gasteiger partial charge is 0.344 e. The van der Waals surface area contributed by atoms with Crippen LogP contribution in [0.1, 0.15) is 26.7 Å². The van der Waals surface area contributed by atoms with E-state index in [0.717, 1.165) is 12.2 Å². The fraction of sp³-hybridized carbons (Fsp3) is 0.562. The van der Waals surface area contributed by atoms with Gasteiger partial charge in [0.1, 0.15) is 6.04 Å². The number of anilines is 1. The molecule has 6 nitrogen and oxygen atoms in total. The third-order valence-corrected chi connectivity index (χ3v) is 4.07. The maximum absolute atomic E-state index is 12.4. The number of rotatable bonds is 8. The Morgan fingerprint density at radius 1 is 1.30 bits per heavy atom. The first-order valence-electron chi connectivity index (χ1n) is 7.61. The van der Waals surface area contributed by atoms with E-state index in [9.17, 15) is 14.4 Å². The lowest BCUT2D eigenvalue weighted by Crippen LogP contribution is -2.47. The summed E-state index contributed by atoms with van der Waals surface area (Å²) in [5.74, 6) is 0.488. The summed E-state index contributed by atoms with van der Waals surface area (Å²) < 4.78 is 1.39. The van der Waals surface area contributed by atoms with Crippen LogP contribution in [-0.4, -0.2) is 34.4 Å². The van der Waals surface area contributed by atoms with Gasteiger partial charge >= 0.3 is 0 Å². The second-order valence-electron chi connectivity index (χ2n) is 5.74. The average molecular weight is 339 g/mol. The van der Waals surface area contributed by atoms with Gasteiger partial charge in [-0.1, -0.05) is 13.8 Å². The topological polar surface area (TPSA) is 80.2 Å². The molecule has 0 bridgehead atoms. The van der Waals surface area contributed by atoms with Crippen molar-refractivity contribution in [1.82, 2.24) is 9.88 Å². The number of hydrogen-bond donors (Lipinski definition) is 2. The lowest BCUT2D eigenvalue weighted by Gasteiger charge is -2.22. The number of amides is 2. The summed E-state index contributed by atoms with van der Waals surface area (Å²) in [6, 6.07) is 2.34. The van der Waals surface area contributed by atoms with E-state index in [2.05, 4.69) is 10.6 Å². The van der Waals surface area contributed by atoms with Crippen molar-refractivity contribution in [3.05, 3.63) is 28.7 Å². The van der Waals surface area contributed by atoms with Crippen LogP contribution in [0.5, 0.6) is 0 Å². The third-order valence-electron chi connectivity index (χ3n) is 3.37. The number of aryl methyl sites for hydroxylation is 1. The minimum Gasteiger partial charge on any atom is -0.344 e. The minimum atomic E-state index is -0.603. The number of carbonyl (C=O) groups excluding carboxylic acids is 2. The average Bonchev–Trinajstić information content (AvgIpc) is 2.48. The van der Waals surface area contributed by atoms with Crippen LogP contribution in [0.15, 0.2) is 23.1 Å². The summed E-state index contributed by atoms with van der Waals surface area (Å²) in [6.07, 6.45) is 4.75. The van der Waals surface area contributed by atoms with Crippen LogP contribution in [0, 0.1) is 5.92 Å². The van der Waals surface area contributed by atoms with Gasteiger partial charge in [-0.15, -0.1) is 0 Å². The molecule has 1 aromatic rings. The molecule has 2 amide bonds. The molecule has 0 aromatic carbocycles. The van der Waals surface area contributed by atoms with E-state index in [1.54, 1.807) is 31.1 Å². The Balaban J connectivity index is 2.68. The van der Waals surface area contributed by atoms with E-state index in [4.69, 9.17) is 0 Å². The molecule has 0 saturated heterocycles. The van der Waals surface area contributed by atoms with Gasteiger partial charge in [-0.05, 0) is 30.4 Å². The molecule has 0 aliphatic heterocycles. The first-order chi connectivity index (χ1) is 10.8. The van der Waals surface area contributed by atoms with E-state index < -0.39 is 6.04 Å². The second kappa shape index (κ2) is 9.39. The molecule has 1 atom stereocenters. The van der Waals surface area contributed by atoms with Crippen molar-refractivity contribution in [3.8, 4) is 0 Å². The number of pyridine rings is 1. The quantitative estimate of drug-likeness (QED) is 0.705. The Kier molecular flexibility index (Phi) is 7.88. The first kappa shape index (κ1) is 19.3. The third kappa shape index (κ3) is 6.48. The number of nitrogens with one attached hydrogen (secondary N) is 2. The molecular formula is C16H25N3O3S. The van der Waals surface area contributed by atoms with Gasteiger partial charge in [0.05, 0.1) is 5.69 Å². The number of carbonyl (C=O) groups is 2. The summed E-state index contributed by atoms with van der Waals surface area (Å²) in [4.78, 5) is 35.7. The van der Waals surface area contributed by atoms with Crippen LogP contribution in [0.3, 0.4) is 0 Å². The van der Waals surface area contributed by atoms with E-state index in [1.807, 2.05) is 20.1 Å². The molecule has 7 heteroatoms. The van der Waals surface area contributed by atoms with Gasteiger partial charge in [0.25, 0.3) is 0 Å². The highest BCUT2D eigenvalue weighted by atomic mass is 32.2. The molecular weight excluding hydrogens is 314 g/mol. The van der Waals surface area contributed by atoms with Crippen molar-refractivity contribution in [2.45, 2.75) is 32.7 Å². The monoisotopic (exact) mass is 339 g/mol. The van der Waals surface area contributed by atoms with Crippen molar-refractivity contribution in [2.75, 3.05) is 17.3 Å². The van der Waals surface area contributed by atoms with Crippen molar-refractivity contribution in [2.24, 2.45) is 13.0 Å². The Morgan fingerprint density at radius 3 is 2.57 bits per heavy atom. The molecule has 1 heterocycles. The van der Waals surface area contributed by atoms with Crippen molar-refractivity contribution < 1.29 is 9.59 Å². The number of aromatic nitrogens is 1. The molecule has 128 valence electrons. The van der Waals surface area contributed by atoms with E-state index in [-0.39, 0.29) is 23.3 Å². The van der Waals surface area contributed by atoms with Crippen LogP contribution in [0.4, 0.5) is 5.69 Å². The number of thioether (sulfide) groups is 1. The van der Waals surface area contributed by atoms with Crippen LogP contribution in [0.2, 0.25) is 0 Å². The van der Waals surface area contributed by atoms with Crippen molar-refractivity contribution in [1.29, 1.82) is 0 Å². The van der Waals surface area contributed by atoms with Crippen LogP contribution in [-0.2, 0) is 16.6 Å². The SMILES string of the molecule is CSCCCC(=O)N[C@H](C(=O)Nc1ccc(=O)n(C)c1)C(C)C. The maximum Gasteiger partial charge on any atom is 0.250 e. The van der Waals surface area contributed by atoms with Gasteiger partial charge in [-0.3, -0.25) is 14.4 Å². The Hall–Kier alpha value is -1.76. The van der Waals surface area contributed by atoms with Crippen LogP contribution in [0.25, 0.3) is 0 Å². The smallest absolute Gasteiger partial charge is 0.250 e. The number of nitrogens with zero attached hydrogens (tertiary/aromatic N) is 1. The van der Waals surface area contributed by atoms with Gasteiger partial charge in [-0.2, -0.15) is 11.8 Å². The highest BCUT2D eigenvalue weighted by Gasteiger charge is 2.24. The summed E-state index contributed by atoms with van der Waals surface area (Å²) in [6.45, 7) is 3.76. The fourth-order valence-electron chi connectivity index (χ4n) is 2.05. The van der Waals surface area contributed by atoms with Gasteiger partial charge in [0, 0.05) is 25.7 Å². The summed E-state index contributed by atoms with van der Waals surface area (Å²) >= 11 is 1.69. The molecule has 0 fully saturated rings. The Labute approximate surface area is 141 Å². The molecule has 2 N–H and O–H groups in total. The molecule has 0 saturated carbocycles. The van der Waals surface area contributed by atoms with E-state index >= 15 is 0 Å². The summed E-state index contributed by atoms with van der Waals surface area (Å²) in [7, 11) is 1.62. The molecule has 0 radical (unpaired) electrons. The summed E-state index contributed by atoms with van der Waals surface area (Å²) in [5.41, 5.74) is 0.380. The van der Waals surface area contributed by atoms with Crippen LogP contribution >= 0.6 is 11.8 Å². The van der Waals surface area contributed by atoms with Gasteiger partial charge in [0.2, 0.25) is 17.4 Å². The van der Waals surface area contributed by atoms with Gasteiger partial charge in [-0.25, -0.2) is 0 Å². The fourth-order valence-corrected chi connectivity index (χ4v) is 2.48. The highest BCUT2D eigenvalue weighted by molar-refractivity contribution is 7.98. The van der Waals surface area contributed by atoms with E-state index in [1.165, 1.54) is 10.6 Å². The molecule has 0 aliphatic carbocycles. The summed E-state index contributed by atoms with van der Waals surface area (Å²) in [5, 5.41) is 5.54. The molecule has 0 aliphatic rings. The molecule has 0 unspecified atom stereocenters. The lowest BCUT2D eigenvalue weighted by molar-refractivity contribution is -0.127. The maximum atomic E-state index is 12.4. The Morgan fingerprint density at radius 2 is 2.00 bits per heavy atom. The minimum absolute atomic E-state index is 0.0352. The highest BCUT2D eigenvalue weighted by Crippen LogP contribution is 2.09. The zero-order valence-electron chi connectivity index (χ0n) is 14.1. The lowest BCUT2D eigenvalue weighted by atomic mass is 10.0. The molecule has 23 heavy (non-hydrogen) atoms. The predicted molar refractivity (Wildman–Crippen MR) is 94.7 cm³/mol. The zero-order chi connectivity index (χ0) is 17.4. The molecule has 0 spiro atoms. The van der Waals surface area contributed by atoms with Gasteiger partial charge in [0.15, 0.2) is 0 Å². The van der Waals surface area contributed by atoms with Gasteiger partial charge < -0.3 is 15.2 Å². The van der Waals surface area contributed by atoms with Crippen molar-refractivity contribution in [3.63, 3.8) is 0 Å². The molecule has 1 aromatic heterocycles. The van der Waals surface area contributed by atoms with E-state index in [0.29, 0.717) is 12.1 Å².